The lowest BCUT2D eigenvalue weighted by molar-refractivity contribution is -0.384. The van der Waals surface area contributed by atoms with Crippen molar-refractivity contribution >= 4 is 28.9 Å². The van der Waals surface area contributed by atoms with Crippen LogP contribution in [0.1, 0.15) is 24.0 Å². The van der Waals surface area contributed by atoms with Crippen LogP contribution in [0.3, 0.4) is 0 Å². The quantitative estimate of drug-likeness (QED) is 0.517. The zero-order chi connectivity index (χ0) is 18.8. The molecular weight excluding hydrogens is 336 g/mol. The molecular formula is C18H14N4O4. The van der Waals surface area contributed by atoms with E-state index < -0.39 is 22.7 Å². The average Bonchev–Trinajstić information content (AvgIpc) is 2.92. The highest BCUT2D eigenvalue weighted by Crippen LogP contribution is 2.39. The first kappa shape index (κ1) is 17.1. The molecule has 1 atom stereocenters. The maximum Gasteiger partial charge on any atom is 0.269 e. The molecule has 2 amide bonds. The summed E-state index contributed by atoms with van der Waals surface area (Å²) in [5.41, 5.74) is 1.52. The highest BCUT2D eigenvalue weighted by atomic mass is 16.6. The Morgan fingerprint density at radius 1 is 1.31 bits per heavy atom. The van der Waals surface area contributed by atoms with Crippen molar-refractivity contribution in [2.24, 2.45) is 0 Å². The number of fused-ring (bicyclic) bond motifs is 1. The number of carbonyl (C=O) groups is 2. The molecule has 0 aliphatic carbocycles. The molecule has 2 aromatic rings. The van der Waals surface area contributed by atoms with Crippen molar-refractivity contribution in [2.45, 2.75) is 12.8 Å². The summed E-state index contributed by atoms with van der Waals surface area (Å²) in [5.74, 6) is -2.15. The van der Waals surface area contributed by atoms with Gasteiger partial charge in [0.2, 0.25) is 11.8 Å². The minimum Gasteiger partial charge on any atom is -0.325 e. The smallest absolute Gasteiger partial charge is 0.269 e. The Balaban J connectivity index is 1.95. The van der Waals surface area contributed by atoms with Gasteiger partial charge in [-0.2, -0.15) is 5.26 Å². The van der Waals surface area contributed by atoms with Crippen LogP contribution in [0.15, 0.2) is 42.5 Å². The predicted octanol–water partition coefficient (Wildman–Crippen LogP) is 2.56. The normalized spacial score (nSPS) is 15.3. The number of rotatable bonds is 4. The van der Waals surface area contributed by atoms with Crippen molar-refractivity contribution in [2.75, 3.05) is 16.8 Å². The third-order valence-electron chi connectivity index (χ3n) is 4.20. The number of nitrogens with one attached hydrogen (secondary N) is 1. The molecule has 130 valence electrons. The van der Waals surface area contributed by atoms with Gasteiger partial charge in [-0.15, -0.1) is 0 Å². The summed E-state index contributed by atoms with van der Waals surface area (Å²) in [6.07, 6.45) is 0. The van der Waals surface area contributed by atoms with Crippen LogP contribution >= 0.6 is 0 Å². The maximum absolute atomic E-state index is 12.7. The van der Waals surface area contributed by atoms with Crippen molar-refractivity contribution in [1.82, 2.24) is 0 Å². The Morgan fingerprint density at radius 3 is 2.58 bits per heavy atom. The minimum atomic E-state index is -1.15. The van der Waals surface area contributed by atoms with Gasteiger partial charge in [0.15, 0.2) is 0 Å². The first-order valence-electron chi connectivity index (χ1n) is 7.87. The Kier molecular flexibility index (Phi) is 4.37. The van der Waals surface area contributed by atoms with Crippen molar-refractivity contribution in [3.8, 4) is 6.07 Å². The molecule has 0 radical (unpaired) electrons. The van der Waals surface area contributed by atoms with Gasteiger partial charge < -0.3 is 10.2 Å². The standard InChI is InChI=1S/C18H14N4O4/c1-2-21-15-8-7-13(22(25)26)9-14(15)16(18(21)24)17(23)20-12-5-3-11(10-19)4-6-12/h3-9,16H,2H2,1H3,(H,20,23). The maximum atomic E-state index is 12.7. The highest BCUT2D eigenvalue weighted by Gasteiger charge is 2.42. The highest BCUT2D eigenvalue weighted by molar-refractivity contribution is 6.20. The summed E-state index contributed by atoms with van der Waals surface area (Å²) < 4.78 is 0. The van der Waals surface area contributed by atoms with Gasteiger partial charge in [0.25, 0.3) is 5.69 Å². The summed E-state index contributed by atoms with van der Waals surface area (Å²) >= 11 is 0. The molecule has 0 fully saturated rings. The van der Waals surface area contributed by atoms with E-state index in [1.807, 2.05) is 6.07 Å². The third kappa shape index (κ3) is 2.86. The molecule has 1 aliphatic rings. The van der Waals surface area contributed by atoms with Gasteiger partial charge >= 0.3 is 0 Å². The lowest BCUT2D eigenvalue weighted by Crippen LogP contribution is -2.33. The van der Waals surface area contributed by atoms with Gasteiger partial charge in [0.05, 0.1) is 16.6 Å². The van der Waals surface area contributed by atoms with Gasteiger partial charge in [-0.1, -0.05) is 0 Å². The molecule has 2 aromatic carbocycles. The zero-order valence-electron chi connectivity index (χ0n) is 13.8. The first-order chi connectivity index (χ1) is 12.5. The molecule has 1 N–H and O–H groups in total. The van der Waals surface area contributed by atoms with Gasteiger partial charge in [-0.05, 0) is 37.3 Å². The summed E-state index contributed by atoms with van der Waals surface area (Å²) in [5, 5.41) is 22.5. The number of hydrogen-bond acceptors (Lipinski definition) is 5. The number of hydrogen-bond donors (Lipinski definition) is 1. The van der Waals surface area contributed by atoms with E-state index in [-0.39, 0.29) is 5.69 Å². The van der Waals surface area contributed by atoms with Crippen LogP contribution in [0, 0.1) is 21.4 Å². The fourth-order valence-electron chi connectivity index (χ4n) is 2.96. The molecule has 1 aliphatic heterocycles. The van der Waals surface area contributed by atoms with Crippen LogP contribution in [-0.4, -0.2) is 23.3 Å². The number of benzene rings is 2. The summed E-state index contributed by atoms with van der Waals surface area (Å²) in [6.45, 7) is 2.12. The Labute approximate surface area is 148 Å². The molecule has 0 saturated heterocycles. The second-order valence-electron chi connectivity index (χ2n) is 5.69. The van der Waals surface area contributed by atoms with Crippen molar-refractivity contribution < 1.29 is 14.5 Å². The van der Waals surface area contributed by atoms with E-state index in [4.69, 9.17) is 5.26 Å². The molecule has 1 unspecified atom stereocenters. The zero-order valence-corrected chi connectivity index (χ0v) is 13.8. The number of likely N-dealkylation sites (N-methyl/N-ethyl adjacent to an activating group) is 1. The van der Waals surface area contributed by atoms with Crippen molar-refractivity contribution in [3.05, 3.63) is 63.7 Å². The fraction of sp³-hybridized carbons (Fsp3) is 0.167. The number of anilines is 2. The second kappa shape index (κ2) is 6.64. The summed E-state index contributed by atoms with van der Waals surface area (Å²) in [6, 6.07) is 12.3. The van der Waals surface area contributed by atoms with Crippen LogP contribution in [0.2, 0.25) is 0 Å². The van der Waals surface area contributed by atoms with E-state index in [1.54, 1.807) is 31.2 Å². The van der Waals surface area contributed by atoms with E-state index in [1.165, 1.54) is 23.1 Å². The van der Waals surface area contributed by atoms with Gasteiger partial charge in [0, 0.05) is 35.6 Å². The molecule has 0 aromatic heterocycles. The molecule has 0 spiro atoms. The fourth-order valence-corrected chi connectivity index (χ4v) is 2.96. The molecule has 26 heavy (non-hydrogen) atoms. The second-order valence-corrected chi connectivity index (χ2v) is 5.69. The number of nitro benzene ring substituents is 1. The number of non-ortho nitro benzene ring substituents is 1. The lowest BCUT2D eigenvalue weighted by Gasteiger charge is -2.15. The van der Waals surface area contributed by atoms with Crippen LogP contribution in [0.5, 0.6) is 0 Å². The van der Waals surface area contributed by atoms with Crippen molar-refractivity contribution in [3.63, 3.8) is 0 Å². The Hall–Kier alpha value is -3.73. The van der Waals surface area contributed by atoms with Crippen LogP contribution < -0.4 is 10.2 Å². The van der Waals surface area contributed by atoms with Gasteiger partial charge in [-0.3, -0.25) is 19.7 Å². The Bertz CT molecular complexity index is 947. The molecule has 1 heterocycles. The largest absolute Gasteiger partial charge is 0.325 e. The predicted molar refractivity (Wildman–Crippen MR) is 93.7 cm³/mol. The number of carbonyl (C=O) groups excluding carboxylic acids is 2. The monoisotopic (exact) mass is 350 g/mol. The van der Waals surface area contributed by atoms with Gasteiger partial charge in [-0.25, -0.2) is 0 Å². The van der Waals surface area contributed by atoms with E-state index >= 15 is 0 Å². The van der Waals surface area contributed by atoms with Crippen LogP contribution in [-0.2, 0) is 9.59 Å². The number of nitriles is 1. The molecule has 3 rings (SSSR count). The minimum absolute atomic E-state index is 0.175. The van der Waals surface area contributed by atoms with E-state index in [0.29, 0.717) is 29.0 Å². The summed E-state index contributed by atoms with van der Waals surface area (Å²) in [4.78, 5) is 37.3. The lowest BCUT2D eigenvalue weighted by atomic mass is 9.99. The molecule has 0 saturated carbocycles. The molecule has 0 bridgehead atoms. The van der Waals surface area contributed by atoms with Crippen molar-refractivity contribution in [1.29, 1.82) is 5.26 Å². The first-order valence-corrected chi connectivity index (χ1v) is 7.87. The third-order valence-corrected chi connectivity index (χ3v) is 4.20. The molecule has 8 nitrogen and oxygen atoms in total. The summed E-state index contributed by atoms with van der Waals surface area (Å²) in [7, 11) is 0. The SMILES string of the molecule is CCN1C(=O)C(C(=O)Nc2ccc(C#N)cc2)c2cc([N+](=O)[O-])ccc21. The Morgan fingerprint density at radius 2 is 2.00 bits per heavy atom. The van der Waals surface area contributed by atoms with E-state index in [9.17, 15) is 19.7 Å². The number of amides is 2. The number of nitro groups is 1. The van der Waals surface area contributed by atoms with Crippen LogP contribution in [0.25, 0.3) is 0 Å². The average molecular weight is 350 g/mol. The molecule has 8 heteroatoms. The topological polar surface area (TPSA) is 116 Å². The van der Waals surface area contributed by atoms with E-state index in [0.717, 1.165) is 0 Å². The number of nitrogens with zero attached hydrogens (tertiary/aromatic N) is 3. The van der Waals surface area contributed by atoms with E-state index in [2.05, 4.69) is 5.32 Å². The van der Waals surface area contributed by atoms with Crippen LogP contribution in [0.4, 0.5) is 17.1 Å². The van der Waals surface area contributed by atoms with Gasteiger partial charge in [0.1, 0.15) is 5.92 Å².